The average molecular weight is 237 g/mol. The standard InChI is InChI=1S/C10H15N5O2/c11-8(17)2-1-7-3-12-10-14-9(13-6-16)5-15(10)4-7/h5-7H,1-4H2,(H2,11,17)(H,12,14)(H,13,16). The number of amides is 2. The van der Waals surface area contributed by atoms with E-state index in [-0.39, 0.29) is 5.91 Å². The molecule has 1 unspecified atom stereocenters. The molecule has 2 rings (SSSR count). The largest absolute Gasteiger partial charge is 0.370 e. The van der Waals surface area contributed by atoms with Gasteiger partial charge in [0.2, 0.25) is 18.3 Å². The van der Waals surface area contributed by atoms with Crippen molar-refractivity contribution in [3.8, 4) is 0 Å². The van der Waals surface area contributed by atoms with Crippen molar-refractivity contribution in [1.82, 2.24) is 9.55 Å². The summed E-state index contributed by atoms with van der Waals surface area (Å²) in [7, 11) is 0. The SMILES string of the molecule is NC(=O)CCC1CNc2nc(NC=O)cn2C1. The van der Waals surface area contributed by atoms with Gasteiger partial charge in [0.1, 0.15) is 0 Å². The van der Waals surface area contributed by atoms with Gasteiger partial charge in [-0.3, -0.25) is 9.59 Å². The number of aromatic nitrogens is 2. The molecule has 0 aromatic carbocycles. The molecule has 1 aromatic rings. The van der Waals surface area contributed by atoms with Crippen LogP contribution >= 0.6 is 0 Å². The number of carbonyl (C=O) groups is 2. The van der Waals surface area contributed by atoms with Gasteiger partial charge in [-0.05, 0) is 12.3 Å². The van der Waals surface area contributed by atoms with Crippen LogP contribution in [0.2, 0.25) is 0 Å². The molecule has 1 aromatic heterocycles. The van der Waals surface area contributed by atoms with Crippen LogP contribution in [0.1, 0.15) is 12.8 Å². The summed E-state index contributed by atoms with van der Waals surface area (Å²) in [6.07, 6.45) is 3.53. The summed E-state index contributed by atoms with van der Waals surface area (Å²) in [5.74, 6) is 1.35. The fraction of sp³-hybridized carbons (Fsp3) is 0.500. The highest BCUT2D eigenvalue weighted by Gasteiger charge is 2.20. The van der Waals surface area contributed by atoms with Crippen molar-refractivity contribution in [1.29, 1.82) is 0 Å². The van der Waals surface area contributed by atoms with Gasteiger partial charge in [-0.2, -0.15) is 4.98 Å². The maximum absolute atomic E-state index is 10.7. The molecule has 0 spiro atoms. The lowest BCUT2D eigenvalue weighted by atomic mass is 10.0. The molecular formula is C10H15N5O2. The fourth-order valence-corrected chi connectivity index (χ4v) is 1.94. The Bertz CT molecular complexity index is 428. The smallest absolute Gasteiger partial charge is 0.217 e. The Kier molecular flexibility index (Phi) is 3.27. The fourth-order valence-electron chi connectivity index (χ4n) is 1.94. The van der Waals surface area contributed by atoms with E-state index in [0.29, 0.717) is 24.6 Å². The summed E-state index contributed by atoms with van der Waals surface area (Å²) < 4.78 is 1.93. The molecule has 0 fully saturated rings. The normalized spacial score (nSPS) is 18.0. The first-order chi connectivity index (χ1) is 8.19. The zero-order valence-corrected chi connectivity index (χ0v) is 9.35. The number of rotatable bonds is 5. The highest BCUT2D eigenvalue weighted by molar-refractivity contribution is 5.73. The second kappa shape index (κ2) is 4.86. The Morgan fingerprint density at radius 3 is 3.29 bits per heavy atom. The number of nitrogens with zero attached hydrogens (tertiary/aromatic N) is 2. The zero-order valence-electron chi connectivity index (χ0n) is 9.35. The van der Waals surface area contributed by atoms with Crippen molar-refractivity contribution < 1.29 is 9.59 Å². The maximum Gasteiger partial charge on any atom is 0.217 e. The number of hydrogen-bond acceptors (Lipinski definition) is 4. The predicted octanol–water partition coefficient (Wildman–Crippen LogP) is -0.241. The molecular weight excluding hydrogens is 222 g/mol. The van der Waals surface area contributed by atoms with Crippen LogP contribution in [-0.4, -0.2) is 28.4 Å². The molecule has 2 amide bonds. The first kappa shape index (κ1) is 11.4. The van der Waals surface area contributed by atoms with Crippen LogP contribution in [0.15, 0.2) is 6.20 Å². The van der Waals surface area contributed by atoms with Crippen molar-refractivity contribution in [2.75, 3.05) is 17.2 Å². The number of primary amides is 1. The maximum atomic E-state index is 10.7. The number of carbonyl (C=O) groups excluding carboxylic acids is 2. The van der Waals surface area contributed by atoms with Crippen molar-refractivity contribution >= 4 is 24.1 Å². The summed E-state index contributed by atoms with van der Waals surface area (Å²) in [5, 5.41) is 5.66. The zero-order chi connectivity index (χ0) is 12.3. The predicted molar refractivity (Wildman–Crippen MR) is 62.3 cm³/mol. The molecule has 0 radical (unpaired) electrons. The third-order valence-corrected chi connectivity index (χ3v) is 2.79. The summed E-state index contributed by atoms with van der Waals surface area (Å²) >= 11 is 0. The van der Waals surface area contributed by atoms with Crippen LogP contribution < -0.4 is 16.4 Å². The van der Waals surface area contributed by atoms with Gasteiger partial charge in [-0.1, -0.05) is 0 Å². The van der Waals surface area contributed by atoms with E-state index in [2.05, 4.69) is 15.6 Å². The number of hydrogen-bond donors (Lipinski definition) is 3. The van der Waals surface area contributed by atoms with Crippen LogP contribution in [0, 0.1) is 5.92 Å². The molecule has 1 aliphatic heterocycles. The average Bonchev–Trinajstić information content (AvgIpc) is 2.68. The van der Waals surface area contributed by atoms with Crippen molar-refractivity contribution in [2.24, 2.45) is 11.7 Å². The van der Waals surface area contributed by atoms with E-state index in [9.17, 15) is 9.59 Å². The molecule has 0 saturated carbocycles. The minimum Gasteiger partial charge on any atom is -0.370 e. The molecule has 17 heavy (non-hydrogen) atoms. The van der Waals surface area contributed by atoms with Crippen molar-refractivity contribution in [3.05, 3.63) is 6.20 Å². The summed E-state index contributed by atoms with van der Waals surface area (Å²) in [4.78, 5) is 25.2. The van der Waals surface area contributed by atoms with Crippen molar-refractivity contribution in [2.45, 2.75) is 19.4 Å². The molecule has 7 heteroatoms. The second-order valence-electron chi connectivity index (χ2n) is 4.12. The highest BCUT2D eigenvalue weighted by Crippen LogP contribution is 2.22. The molecule has 0 bridgehead atoms. The topological polar surface area (TPSA) is 102 Å². The van der Waals surface area contributed by atoms with Crippen LogP contribution in [0.3, 0.4) is 0 Å². The van der Waals surface area contributed by atoms with E-state index in [4.69, 9.17) is 5.73 Å². The molecule has 1 aliphatic rings. The molecule has 0 saturated heterocycles. The minimum absolute atomic E-state index is 0.273. The van der Waals surface area contributed by atoms with Gasteiger partial charge in [-0.15, -0.1) is 0 Å². The summed E-state index contributed by atoms with van der Waals surface area (Å²) in [6, 6.07) is 0. The number of anilines is 2. The van der Waals surface area contributed by atoms with E-state index in [1.54, 1.807) is 6.20 Å². The van der Waals surface area contributed by atoms with E-state index >= 15 is 0 Å². The Balaban J connectivity index is 1.97. The molecule has 0 aliphatic carbocycles. The molecule has 1 atom stereocenters. The van der Waals surface area contributed by atoms with Gasteiger partial charge in [0.05, 0.1) is 0 Å². The Labute approximate surface area is 98.4 Å². The minimum atomic E-state index is -0.273. The molecule has 4 N–H and O–H groups in total. The molecule has 92 valence electrons. The quantitative estimate of drug-likeness (QED) is 0.615. The number of nitrogens with one attached hydrogen (secondary N) is 2. The lowest BCUT2D eigenvalue weighted by molar-refractivity contribution is -0.118. The van der Waals surface area contributed by atoms with Crippen molar-refractivity contribution in [3.63, 3.8) is 0 Å². The lowest BCUT2D eigenvalue weighted by Gasteiger charge is -2.24. The van der Waals surface area contributed by atoms with Gasteiger partial charge in [0.15, 0.2) is 5.82 Å². The lowest BCUT2D eigenvalue weighted by Crippen LogP contribution is -2.28. The van der Waals surface area contributed by atoms with Crippen LogP contribution in [0.25, 0.3) is 0 Å². The number of imidazole rings is 1. The monoisotopic (exact) mass is 237 g/mol. The van der Waals surface area contributed by atoms with Crippen LogP contribution in [0.4, 0.5) is 11.8 Å². The van der Waals surface area contributed by atoms with Gasteiger partial charge < -0.3 is 20.9 Å². The van der Waals surface area contributed by atoms with Crippen LogP contribution in [-0.2, 0) is 16.1 Å². The summed E-state index contributed by atoms with van der Waals surface area (Å²) in [5.41, 5.74) is 5.12. The third-order valence-electron chi connectivity index (χ3n) is 2.79. The third kappa shape index (κ3) is 2.74. The Hall–Kier alpha value is -2.05. The van der Waals surface area contributed by atoms with E-state index in [0.717, 1.165) is 25.5 Å². The Morgan fingerprint density at radius 2 is 2.59 bits per heavy atom. The van der Waals surface area contributed by atoms with Crippen LogP contribution in [0.5, 0.6) is 0 Å². The first-order valence-corrected chi connectivity index (χ1v) is 5.48. The van der Waals surface area contributed by atoms with E-state index in [1.807, 2.05) is 4.57 Å². The van der Waals surface area contributed by atoms with Gasteiger partial charge >= 0.3 is 0 Å². The molecule has 7 nitrogen and oxygen atoms in total. The van der Waals surface area contributed by atoms with Gasteiger partial charge in [0.25, 0.3) is 0 Å². The number of nitrogens with two attached hydrogens (primary N) is 1. The van der Waals surface area contributed by atoms with Gasteiger partial charge in [0, 0.05) is 25.7 Å². The van der Waals surface area contributed by atoms with E-state index in [1.165, 1.54) is 0 Å². The van der Waals surface area contributed by atoms with E-state index < -0.39 is 0 Å². The van der Waals surface area contributed by atoms with Gasteiger partial charge in [-0.25, -0.2) is 0 Å². The Morgan fingerprint density at radius 1 is 1.76 bits per heavy atom. The number of fused-ring (bicyclic) bond motifs is 1. The summed E-state index contributed by atoms with van der Waals surface area (Å²) in [6.45, 7) is 1.55. The second-order valence-corrected chi connectivity index (χ2v) is 4.12. The first-order valence-electron chi connectivity index (χ1n) is 5.48. The molecule has 2 heterocycles. The highest BCUT2D eigenvalue weighted by atomic mass is 16.1.